The van der Waals surface area contributed by atoms with E-state index in [4.69, 9.17) is 18.7 Å². The highest BCUT2D eigenvalue weighted by Gasteiger charge is 2.22. The van der Waals surface area contributed by atoms with Crippen LogP contribution in [0.5, 0.6) is 11.5 Å². The van der Waals surface area contributed by atoms with Crippen molar-refractivity contribution in [1.82, 2.24) is 15.4 Å². The lowest BCUT2D eigenvalue weighted by Gasteiger charge is -2.33. The number of nitrogens with zero attached hydrogens (tertiary/aromatic N) is 2. The van der Waals surface area contributed by atoms with Crippen molar-refractivity contribution in [3.63, 3.8) is 0 Å². The smallest absolute Gasteiger partial charge is 0.251 e. The fraction of sp³-hybridized carbons (Fsp3) is 0.385. The van der Waals surface area contributed by atoms with Crippen LogP contribution < -0.4 is 14.8 Å². The predicted octanol–water partition coefficient (Wildman–Crippen LogP) is 3.51. The number of methoxy groups -OCH3 is 1. The van der Waals surface area contributed by atoms with E-state index in [2.05, 4.69) is 39.6 Å². The minimum absolute atomic E-state index is 0.0547. The number of aryl methyl sites for hydroxylation is 2. The molecule has 1 amide bonds. The van der Waals surface area contributed by atoms with Crippen LogP contribution in [0.2, 0.25) is 0 Å². The van der Waals surface area contributed by atoms with Crippen molar-refractivity contribution in [3.8, 4) is 11.5 Å². The fourth-order valence-electron chi connectivity index (χ4n) is 3.98. The van der Waals surface area contributed by atoms with Crippen LogP contribution in [0, 0.1) is 13.8 Å². The SMILES string of the molecule is COc1cc(C(=O)NC[C@@H]2CN(Cc3ccccc3)CCO2)ccc1OCc1c(C)noc1C. The molecule has 0 aliphatic carbocycles. The van der Waals surface area contributed by atoms with E-state index < -0.39 is 0 Å². The van der Waals surface area contributed by atoms with Crippen LogP contribution in [0.1, 0.15) is 32.9 Å². The highest BCUT2D eigenvalue weighted by Crippen LogP contribution is 2.29. The Bertz CT molecular complexity index is 1080. The van der Waals surface area contributed by atoms with E-state index in [1.165, 1.54) is 5.56 Å². The summed E-state index contributed by atoms with van der Waals surface area (Å²) in [6.45, 7) is 7.65. The van der Waals surface area contributed by atoms with Gasteiger partial charge in [-0.15, -0.1) is 0 Å². The zero-order valence-corrected chi connectivity index (χ0v) is 19.9. The Morgan fingerprint density at radius 2 is 2.00 bits per heavy atom. The maximum atomic E-state index is 12.8. The molecule has 1 aliphatic rings. The van der Waals surface area contributed by atoms with Gasteiger partial charge in [0.2, 0.25) is 0 Å². The Morgan fingerprint density at radius 3 is 2.74 bits per heavy atom. The lowest BCUT2D eigenvalue weighted by Crippen LogP contribution is -2.47. The monoisotopic (exact) mass is 465 g/mol. The molecule has 2 aromatic carbocycles. The third-order valence-electron chi connectivity index (χ3n) is 5.94. The Morgan fingerprint density at radius 1 is 1.18 bits per heavy atom. The zero-order valence-electron chi connectivity index (χ0n) is 19.9. The van der Waals surface area contributed by atoms with Crippen LogP contribution in [-0.2, 0) is 17.9 Å². The van der Waals surface area contributed by atoms with Crippen molar-refractivity contribution in [2.75, 3.05) is 33.4 Å². The Labute approximate surface area is 199 Å². The number of carbonyl (C=O) groups excluding carboxylic acids is 1. The maximum Gasteiger partial charge on any atom is 0.251 e. The van der Waals surface area contributed by atoms with Crippen molar-refractivity contribution in [1.29, 1.82) is 0 Å². The van der Waals surface area contributed by atoms with Gasteiger partial charge in [-0.25, -0.2) is 0 Å². The number of ether oxygens (including phenoxy) is 3. The first-order valence-electron chi connectivity index (χ1n) is 11.4. The molecular weight excluding hydrogens is 434 g/mol. The molecule has 0 unspecified atom stereocenters. The molecule has 0 spiro atoms. The number of rotatable bonds is 9. The fourth-order valence-corrected chi connectivity index (χ4v) is 3.98. The molecule has 34 heavy (non-hydrogen) atoms. The largest absolute Gasteiger partial charge is 0.493 e. The van der Waals surface area contributed by atoms with Gasteiger partial charge in [0.25, 0.3) is 5.91 Å². The van der Waals surface area contributed by atoms with Crippen molar-refractivity contribution >= 4 is 5.91 Å². The third kappa shape index (κ3) is 5.95. The van der Waals surface area contributed by atoms with Gasteiger partial charge in [-0.3, -0.25) is 9.69 Å². The molecule has 0 bridgehead atoms. The first kappa shape index (κ1) is 23.8. The number of hydrogen-bond donors (Lipinski definition) is 1. The summed E-state index contributed by atoms with van der Waals surface area (Å²) in [7, 11) is 1.55. The number of aromatic nitrogens is 1. The van der Waals surface area contributed by atoms with Crippen LogP contribution in [0.4, 0.5) is 0 Å². The molecule has 1 N–H and O–H groups in total. The normalized spacial score (nSPS) is 16.3. The van der Waals surface area contributed by atoms with Gasteiger partial charge in [0.05, 0.1) is 31.1 Å². The van der Waals surface area contributed by atoms with Crippen molar-refractivity contribution in [2.45, 2.75) is 33.1 Å². The average Bonchev–Trinajstić information content (AvgIpc) is 3.18. The van der Waals surface area contributed by atoms with Gasteiger partial charge >= 0.3 is 0 Å². The summed E-state index contributed by atoms with van der Waals surface area (Å²) in [4.78, 5) is 15.1. The van der Waals surface area contributed by atoms with Gasteiger partial charge < -0.3 is 24.1 Å². The molecule has 0 radical (unpaired) electrons. The van der Waals surface area contributed by atoms with E-state index in [9.17, 15) is 4.79 Å². The molecule has 1 atom stereocenters. The minimum atomic E-state index is -0.181. The molecule has 0 saturated carbocycles. The number of amides is 1. The van der Waals surface area contributed by atoms with Crippen LogP contribution in [0.3, 0.4) is 0 Å². The summed E-state index contributed by atoms with van der Waals surface area (Å²) >= 11 is 0. The summed E-state index contributed by atoms with van der Waals surface area (Å²) in [6, 6.07) is 15.5. The lowest BCUT2D eigenvalue weighted by molar-refractivity contribution is -0.0292. The van der Waals surface area contributed by atoms with Crippen LogP contribution >= 0.6 is 0 Å². The molecule has 4 rings (SSSR count). The summed E-state index contributed by atoms with van der Waals surface area (Å²) in [5.41, 5.74) is 3.46. The molecular formula is C26H31N3O5. The summed E-state index contributed by atoms with van der Waals surface area (Å²) in [6.07, 6.45) is -0.0547. The highest BCUT2D eigenvalue weighted by molar-refractivity contribution is 5.94. The van der Waals surface area contributed by atoms with Gasteiger partial charge in [-0.1, -0.05) is 35.5 Å². The third-order valence-corrected chi connectivity index (χ3v) is 5.94. The van der Waals surface area contributed by atoms with Crippen LogP contribution in [0.25, 0.3) is 0 Å². The van der Waals surface area contributed by atoms with Crippen LogP contribution in [0.15, 0.2) is 53.1 Å². The first-order chi connectivity index (χ1) is 16.5. The number of hydrogen-bond acceptors (Lipinski definition) is 7. The molecule has 3 aromatic rings. The number of nitrogens with one attached hydrogen (secondary N) is 1. The van der Waals surface area contributed by atoms with E-state index >= 15 is 0 Å². The Kier molecular flexibility index (Phi) is 7.82. The van der Waals surface area contributed by atoms with Crippen LogP contribution in [-0.4, -0.2) is 55.4 Å². The van der Waals surface area contributed by atoms with Gasteiger partial charge in [-0.2, -0.15) is 0 Å². The minimum Gasteiger partial charge on any atom is -0.493 e. The van der Waals surface area contributed by atoms with E-state index in [0.717, 1.165) is 36.7 Å². The van der Waals surface area contributed by atoms with Gasteiger partial charge in [-0.05, 0) is 37.6 Å². The first-order valence-corrected chi connectivity index (χ1v) is 11.4. The number of carbonyl (C=O) groups is 1. The second kappa shape index (κ2) is 11.2. The van der Waals surface area contributed by atoms with Gasteiger partial charge in [0.1, 0.15) is 12.4 Å². The number of morpholine rings is 1. The summed E-state index contributed by atoms with van der Waals surface area (Å²) < 4.78 is 22.4. The maximum absolute atomic E-state index is 12.8. The summed E-state index contributed by atoms with van der Waals surface area (Å²) in [5.74, 6) is 1.58. The van der Waals surface area contributed by atoms with E-state index in [1.807, 2.05) is 19.9 Å². The molecule has 1 fully saturated rings. The molecule has 8 nitrogen and oxygen atoms in total. The standard InChI is InChI=1S/C26H31N3O5/c1-18-23(19(2)34-28-18)17-33-24-10-9-21(13-25(24)31-3)26(30)27-14-22-16-29(11-12-32-22)15-20-7-5-4-6-8-20/h4-10,13,22H,11-12,14-17H2,1-3H3,(H,27,30)/t22-/m1/s1. The van der Waals surface area contributed by atoms with E-state index in [-0.39, 0.29) is 12.0 Å². The number of benzene rings is 2. The van der Waals surface area contributed by atoms with Crippen molar-refractivity contribution < 1.29 is 23.5 Å². The topological polar surface area (TPSA) is 86.1 Å². The zero-order chi connectivity index (χ0) is 23.9. The molecule has 180 valence electrons. The Balaban J connectivity index is 1.31. The highest BCUT2D eigenvalue weighted by atomic mass is 16.5. The van der Waals surface area contributed by atoms with E-state index in [0.29, 0.717) is 36.8 Å². The predicted molar refractivity (Wildman–Crippen MR) is 127 cm³/mol. The van der Waals surface area contributed by atoms with Gasteiger partial charge in [0.15, 0.2) is 11.5 Å². The van der Waals surface area contributed by atoms with Crippen molar-refractivity contribution in [2.24, 2.45) is 0 Å². The quantitative estimate of drug-likeness (QED) is 0.518. The lowest BCUT2D eigenvalue weighted by atomic mass is 10.1. The second-order valence-electron chi connectivity index (χ2n) is 8.38. The average molecular weight is 466 g/mol. The second-order valence-corrected chi connectivity index (χ2v) is 8.38. The molecule has 2 heterocycles. The van der Waals surface area contributed by atoms with Gasteiger partial charge in [0, 0.05) is 31.7 Å². The summed E-state index contributed by atoms with van der Waals surface area (Å²) in [5, 5.41) is 6.93. The molecule has 1 aliphatic heterocycles. The molecule has 8 heteroatoms. The Hall–Kier alpha value is -3.36. The van der Waals surface area contributed by atoms with Crippen molar-refractivity contribution in [3.05, 3.63) is 76.7 Å². The molecule has 1 saturated heterocycles. The van der Waals surface area contributed by atoms with E-state index in [1.54, 1.807) is 25.3 Å². The molecule has 1 aromatic heterocycles.